The Labute approximate surface area is 42.8 Å². The number of rotatable bonds is 0. The summed E-state index contributed by atoms with van der Waals surface area (Å²) >= 11 is 0. The second-order valence-corrected chi connectivity index (χ2v) is 1.62. The van der Waals surface area contributed by atoms with Crippen molar-refractivity contribution >= 4 is 0 Å². The van der Waals surface area contributed by atoms with Crippen molar-refractivity contribution in [1.29, 1.82) is 0 Å². The molecule has 0 aromatic rings. The van der Waals surface area contributed by atoms with Crippen LogP contribution in [0, 0.1) is 0 Å². The zero-order valence-electron chi connectivity index (χ0n) is 3.72. The Kier molecular flexibility index (Phi) is 0.867. The topological polar surface area (TPSA) is 0 Å². The van der Waals surface area contributed by atoms with Crippen molar-refractivity contribution in [1.82, 2.24) is 0 Å². The van der Waals surface area contributed by atoms with Crippen LogP contribution in [0.25, 0.3) is 0 Å². The Hall–Kier alpha value is -0.540. The number of hydrogen-bond donors (Lipinski definition) is 0. The standard InChI is InChI=1S/C4H2F4/c5-3(6)2-1-4(2,7)8/h1H2. The summed E-state index contributed by atoms with van der Waals surface area (Å²) in [5, 5.41) is 0. The van der Waals surface area contributed by atoms with Crippen LogP contribution in [0.4, 0.5) is 17.6 Å². The minimum absolute atomic E-state index is 0.755. The van der Waals surface area contributed by atoms with E-state index in [2.05, 4.69) is 0 Å². The van der Waals surface area contributed by atoms with Crippen LogP contribution in [0.5, 0.6) is 0 Å². The first-order valence-corrected chi connectivity index (χ1v) is 1.96. The first-order valence-electron chi connectivity index (χ1n) is 1.96. The molecule has 0 saturated heterocycles. The molecule has 1 aliphatic carbocycles. The maximum absolute atomic E-state index is 11.5. The third-order valence-electron chi connectivity index (χ3n) is 0.943. The molecule has 8 heavy (non-hydrogen) atoms. The molecule has 0 unspecified atom stereocenters. The molecule has 0 nitrogen and oxygen atoms in total. The van der Waals surface area contributed by atoms with Crippen molar-refractivity contribution in [3.05, 3.63) is 11.7 Å². The Morgan fingerprint density at radius 3 is 1.75 bits per heavy atom. The zero-order valence-corrected chi connectivity index (χ0v) is 3.72. The lowest BCUT2D eigenvalue weighted by Gasteiger charge is -1.80. The van der Waals surface area contributed by atoms with Gasteiger partial charge in [0.05, 0.1) is 5.57 Å². The summed E-state index contributed by atoms with van der Waals surface area (Å²) in [6.45, 7) is 0. The third kappa shape index (κ3) is 0.700. The highest BCUT2D eigenvalue weighted by molar-refractivity contribution is 5.31. The Morgan fingerprint density at radius 1 is 1.38 bits per heavy atom. The van der Waals surface area contributed by atoms with Crippen LogP contribution in [-0.2, 0) is 0 Å². The molecule has 1 saturated carbocycles. The van der Waals surface area contributed by atoms with E-state index in [1.807, 2.05) is 0 Å². The van der Waals surface area contributed by atoms with Crippen molar-refractivity contribution in [2.24, 2.45) is 0 Å². The van der Waals surface area contributed by atoms with Gasteiger partial charge in [-0.3, -0.25) is 0 Å². The Morgan fingerprint density at radius 2 is 1.75 bits per heavy atom. The van der Waals surface area contributed by atoms with Gasteiger partial charge in [0, 0.05) is 6.42 Å². The van der Waals surface area contributed by atoms with Gasteiger partial charge in [0.2, 0.25) is 0 Å². The summed E-state index contributed by atoms with van der Waals surface area (Å²) in [7, 11) is 0. The summed E-state index contributed by atoms with van der Waals surface area (Å²) in [5.74, 6) is -3.18. The van der Waals surface area contributed by atoms with Gasteiger partial charge in [-0.1, -0.05) is 0 Å². The van der Waals surface area contributed by atoms with Crippen LogP contribution in [-0.4, -0.2) is 5.92 Å². The lowest BCUT2D eigenvalue weighted by atomic mass is 10.6. The summed E-state index contributed by atoms with van der Waals surface area (Å²) in [6.07, 6.45) is -2.98. The lowest BCUT2D eigenvalue weighted by Crippen LogP contribution is -1.83. The molecular formula is C4H2F4. The van der Waals surface area contributed by atoms with Crippen LogP contribution in [0.1, 0.15) is 6.42 Å². The molecule has 1 rings (SSSR count). The van der Waals surface area contributed by atoms with E-state index in [1.54, 1.807) is 0 Å². The highest BCUT2D eigenvalue weighted by Gasteiger charge is 2.54. The summed E-state index contributed by atoms with van der Waals surface area (Å²) in [6, 6.07) is 0. The fraction of sp³-hybridized carbons (Fsp3) is 0.500. The molecule has 0 atom stereocenters. The van der Waals surface area contributed by atoms with E-state index in [1.165, 1.54) is 0 Å². The molecular weight excluding hydrogens is 124 g/mol. The van der Waals surface area contributed by atoms with Gasteiger partial charge in [0.25, 0.3) is 12.0 Å². The SMILES string of the molecule is FC(F)=C1CC1(F)F. The van der Waals surface area contributed by atoms with E-state index in [4.69, 9.17) is 0 Å². The van der Waals surface area contributed by atoms with Gasteiger partial charge in [0.1, 0.15) is 0 Å². The second kappa shape index (κ2) is 1.24. The zero-order chi connectivity index (χ0) is 6.36. The molecule has 0 aliphatic heterocycles. The summed E-state index contributed by atoms with van der Waals surface area (Å²) in [5.41, 5.74) is -1.00. The van der Waals surface area contributed by atoms with Crippen LogP contribution in [0.3, 0.4) is 0 Å². The van der Waals surface area contributed by atoms with E-state index in [-0.39, 0.29) is 0 Å². The Balaban J connectivity index is 2.73. The Bertz CT molecular complexity index is 142. The van der Waals surface area contributed by atoms with E-state index >= 15 is 0 Å². The van der Waals surface area contributed by atoms with Crippen LogP contribution >= 0.6 is 0 Å². The van der Waals surface area contributed by atoms with Crippen molar-refractivity contribution < 1.29 is 17.6 Å². The van der Waals surface area contributed by atoms with E-state index < -0.39 is 24.0 Å². The molecule has 0 radical (unpaired) electrons. The maximum atomic E-state index is 11.5. The van der Waals surface area contributed by atoms with Crippen LogP contribution in [0.15, 0.2) is 11.7 Å². The smallest absolute Gasteiger partial charge is 0.201 e. The number of hydrogen-bond acceptors (Lipinski definition) is 0. The van der Waals surface area contributed by atoms with Gasteiger partial charge >= 0.3 is 0 Å². The van der Waals surface area contributed by atoms with Gasteiger partial charge in [-0.05, 0) is 0 Å². The quantitative estimate of drug-likeness (QED) is 0.436. The fourth-order valence-corrected chi connectivity index (χ4v) is 0.383. The van der Waals surface area contributed by atoms with Crippen molar-refractivity contribution in [2.45, 2.75) is 12.3 Å². The third-order valence-corrected chi connectivity index (χ3v) is 0.943. The molecule has 0 spiro atoms. The molecule has 0 heterocycles. The highest BCUT2D eigenvalue weighted by atomic mass is 19.3. The van der Waals surface area contributed by atoms with Gasteiger partial charge in [0.15, 0.2) is 0 Å². The van der Waals surface area contributed by atoms with Crippen molar-refractivity contribution in [2.75, 3.05) is 0 Å². The first-order chi connectivity index (χ1) is 3.54. The monoisotopic (exact) mass is 126 g/mol. The molecule has 0 bridgehead atoms. The highest BCUT2D eigenvalue weighted by Crippen LogP contribution is 2.50. The average Bonchev–Trinajstić information content (AvgIpc) is 2.13. The fourth-order valence-electron chi connectivity index (χ4n) is 0.383. The largest absolute Gasteiger partial charge is 0.279 e. The maximum Gasteiger partial charge on any atom is 0.279 e. The number of allylic oxidation sites excluding steroid dienone is 1. The summed E-state index contributed by atoms with van der Waals surface area (Å²) < 4.78 is 45.2. The number of alkyl halides is 2. The van der Waals surface area contributed by atoms with Crippen LogP contribution < -0.4 is 0 Å². The van der Waals surface area contributed by atoms with Crippen LogP contribution in [0.2, 0.25) is 0 Å². The average molecular weight is 126 g/mol. The van der Waals surface area contributed by atoms with E-state index in [0.717, 1.165) is 0 Å². The second-order valence-electron chi connectivity index (χ2n) is 1.62. The predicted molar refractivity (Wildman–Crippen MR) is 18.8 cm³/mol. The van der Waals surface area contributed by atoms with Gasteiger partial charge in [-0.25, -0.2) is 8.78 Å². The molecule has 4 heteroatoms. The first kappa shape index (κ1) is 5.59. The molecule has 46 valence electrons. The molecule has 0 aromatic heterocycles. The van der Waals surface area contributed by atoms with Gasteiger partial charge < -0.3 is 0 Å². The molecule has 0 N–H and O–H groups in total. The van der Waals surface area contributed by atoms with Crippen molar-refractivity contribution in [3.63, 3.8) is 0 Å². The molecule has 0 amide bonds. The normalized spacial score (nSPS) is 23.2. The molecule has 1 fully saturated rings. The van der Waals surface area contributed by atoms with Gasteiger partial charge in [-0.2, -0.15) is 8.78 Å². The van der Waals surface area contributed by atoms with Crippen molar-refractivity contribution in [3.8, 4) is 0 Å². The lowest BCUT2D eigenvalue weighted by molar-refractivity contribution is 0.133. The number of halogens is 4. The van der Waals surface area contributed by atoms with E-state index in [9.17, 15) is 17.6 Å². The predicted octanol–water partition coefficient (Wildman–Crippen LogP) is 2.18. The molecule has 0 aromatic carbocycles. The minimum Gasteiger partial charge on any atom is -0.201 e. The molecule has 1 aliphatic rings. The summed E-state index contributed by atoms with van der Waals surface area (Å²) in [4.78, 5) is 0. The van der Waals surface area contributed by atoms with E-state index in [0.29, 0.717) is 0 Å². The minimum atomic E-state index is -3.18. The van der Waals surface area contributed by atoms with Gasteiger partial charge in [-0.15, -0.1) is 0 Å².